The van der Waals surface area contributed by atoms with Crippen LogP contribution in [0.3, 0.4) is 0 Å². The number of nitrogens with zero attached hydrogens (tertiary/aromatic N) is 1. The summed E-state index contributed by atoms with van der Waals surface area (Å²) in [6, 6.07) is 6.57. The largest absolute Gasteiger partial charge is 0.507 e. The van der Waals surface area contributed by atoms with Crippen molar-refractivity contribution in [3.8, 4) is 39.6 Å². The molecule has 8 nitrogen and oxygen atoms in total. The van der Waals surface area contributed by atoms with Crippen molar-refractivity contribution in [2.75, 3.05) is 27.9 Å². The molecule has 0 aliphatic carbocycles. The van der Waals surface area contributed by atoms with Crippen LogP contribution < -0.4 is 9.47 Å². The van der Waals surface area contributed by atoms with Gasteiger partial charge in [0.1, 0.15) is 11.8 Å². The van der Waals surface area contributed by atoms with Gasteiger partial charge >= 0.3 is 11.9 Å². The number of phenols is 1. The Morgan fingerprint density at radius 2 is 1.63 bits per heavy atom. The maximum atomic E-state index is 13.4. The third-order valence-electron chi connectivity index (χ3n) is 6.40. The Balaban J connectivity index is 2.09. The molecule has 1 aromatic heterocycles. The smallest absolute Gasteiger partial charge is 0.340 e. The standard InChI is InChI=1S/C27H29NO7/c1-7-35-27(31)23-19(16-8-14(2)25(29)15(3)9-16)13-28-20(26(30)34-6)10-17-11-21(32-4)22(33-5)12-18(17)24(23)28/h8-9,11-13,20,29H,7,10H2,1-6H3. The number of phenolic OH excluding ortho intramolecular Hbond substituents is 1. The molecular formula is C27H29NO7. The molecule has 35 heavy (non-hydrogen) atoms. The van der Waals surface area contributed by atoms with E-state index in [2.05, 4.69) is 0 Å². The van der Waals surface area contributed by atoms with Gasteiger partial charge in [0.05, 0.1) is 39.2 Å². The molecule has 1 atom stereocenters. The highest BCUT2D eigenvalue weighted by molar-refractivity contribution is 6.05. The topological polar surface area (TPSA) is 96.2 Å². The van der Waals surface area contributed by atoms with Crippen LogP contribution in [0.2, 0.25) is 0 Å². The zero-order chi connectivity index (χ0) is 25.4. The van der Waals surface area contributed by atoms with Crippen LogP contribution in [-0.4, -0.2) is 49.5 Å². The molecular weight excluding hydrogens is 450 g/mol. The minimum Gasteiger partial charge on any atom is -0.507 e. The third-order valence-corrected chi connectivity index (χ3v) is 6.40. The van der Waals surface area contributed by atoms with Crippen LogP contribution in [0, 0.1) is 13.8 Å². The van der Waals surface area contributed by atoms with Crippen molar-refractivity contribution >= 4 is 11.9 Å². The number of carbonyl (C=O) groups excluding carboxylic acids is 2. The quantitative estimate of drug-likeness (QED) is 0.516. The summed E-state index contributed by atoms with van der Waals surface area (Å²) in [5.74, 6) is 0.290. The van der Waals surface area contributed by atoms with Gasteiger partial charge in [-0.15, -0.1) is 0 Å². The average molecular weight is 480 g/mol. The fraction of sp³-hybridized carbons (Fsp3) is 0.333. The number of methoxy groups -OCH3 is 3. The Labute approximate surface area is 204 Å². The van der Waals surface area contributed by atoms with Gasteiger partial charge in [-0.1, -0.05) is 0 Å². The summed E-state index contributed by atoms with van der Waals surface area (Å²) in [6.07, 6.45) is 2.13. The van der Waals surface area contributed by atoms with Crippen LogP contribution >= 0.6 is 0 Å². The van der Waals surface area contributed by atoms with Gasteiger partial charge in [0.15, 0.2) is 11.5 Å². The molecule has 8 heteroatoms. The molecule has 0 saturated carbocycles. The minimum absolute atomic E-state index is 0.190. The molecule has 1 aliphatic heterocycles. The van der Waals surface area contributed by atoms with Gasteiger partial charge in [0, 0.05) is 23.7 Å². The number of aromatic hydroxyl groups is 1. The number of aromatic nitrogens is 1. The van der Waals surface area contributed by atoms with E-state index in [4.69, 9.17) is 18.9 Å². The summed E-state index contributed by atoms with van der Waals surface area (Å²) in [5, 5.41) is 10.3. The van der Waals surface area contributed by atoms with Crippen LogP contribution in [0.5, 0.6) is 17.2 Å². The predicted molar refractivity (Wildman–Crippen MR) is 130 cm³/mol. The first-order valence-corrected chi connectivity index (χ1v) is 11.3. The first kappa shape index (κ1) is 24.2. The first-order chi connectivity index (χ1) is 16.7. The van der Waals surface area contributed by atoms with Gasteiger partial charge in [-0.05, 0) is 67.3 Å². The molecule has 0 fully saturated rings. The van der Waals surface area contributed by atoms with Crippen LogP contribution in [0.25, 0.3) is 22.4 Å². The number of carbonyl (C=O) groups is 2. The van der Waals surface area contributed by atoms with Crippen molar-refractivity contribution in [2.24, 2.45) is 0 Å². The van der Waals surface area contributed by atoms with Gasteiger partial charge in [-0.2, -0.15) is 0 Å². The lowest BCUT2D eigenvalue weighted by Gasteiger charge is -2.28. The van der Waals surface area contributed by atoms with E-state index in [-0.39, 0.29) is 12.4 Å². The molecule has 3 aromatic rings. The van der Waals surface area contributed by atoms with E-state index in [0.717, 1.165) is 16.7 Å². The van der Waals surface area contributed by atoms with Gasteiger partial charge in [-0.25, -0.2) is 9.59 Å². The van der Waals surface area contributed by atoms with Crippen molar-refractivity contribution in [1.29, 1.82) is 0 Å². The van der Waals surface area contributed by atoms with E-state index in [1.807, 2.05) is 24.3 Å². The molecule has 1 N–H and O–H groups in total. The van der Waals surface area contributed by atoms with Crippen molar-refractivity contribution < 1.29 is 33.6 Å². The van der Waals surface area contributed by atoms with Crippen LogP contribution in [0.15, 0.2) is 30.5 Å². The lowest BCUT2D eigenvalue weighted by molar-refractivity contribution is -0.144. The number of benzene rings is 2. The number of aryl methyl sites for hydroxylation is 2. The van der Waals surface area contributed by atoms with E-state index in [1.165, 1.54) is 7.11 Å². The minimum atomic E-state index is -0.693. The molecule has 0 spiro atoms. The second kappa shape index (κ2) is 9.37. The van der Waals surface area contributed by atoms with Gasteiger partial charge in [0.2, 0.25) is 0 Å². The highest BCUT2D eigenvalue weighted by Crippen LogP contribution is 2.47. The highest BCUT2D eigenvalue weighted by atomic mass is 16.5. The Morgan fingerprint density at radius 1 is 1.00 bits per heavy atom. The van der Waals surface area contributed by atoms with Crippen molar-refractivity contribution in [2.45, 2.75) is 33.2 Å². The summed E-state index contributed by atoms with van der Waals surface area (Å²) < 4.78 is 23.4. The molecule has 1 aliphatic rings. The maximum Gasteiger partial charge on any atom is 0.340 e. The van der Waals surface area contributed by atoms with Crippen LogP contribution in [-0.2, 0) is 20.7 Å². The van der Waals surface area contributed by atoms with Gasteiger partial charge < -0.3 is 28.6 Å². The number of hydrogen-bond donors (Lipinski definition) is 1. The molecule has 184 valence electrons. The molecule has 0 saturated heterocycles. The average Bonchev–Trinajstić information content (AvgIpc) is 3.26. The second-order valence-electron chi connectivity index (χ2n) is 8.46. The second-order valence-corrected chi connectivity index (χ2v) is 8.46. The number of rotatable bonds is 6. The lowest BCUT2D eigenvalue weighted by atomic mass is 9.90. The summed E-state index contributed by atoms with van der Waals surface area (Å²) in [4.78, 5) is 26.3. The zero-order valence-electron chi connectivity index (χ0n) is 20.7. The first-order valence-electron chi connectivity index (χ1n) is 11.3. The maximum absolute atomic E-state index is 13.4. The summed E-state index contributed by atoms with van der Waals surface area (Å²) in [6.45, 7) is 5.54. The number of fused-ring (bicyclic) bond motifs is 3. The molecule has 0 radical (unpaired) electrons. The third kappa shape index (κ3) is 3.99. The molecule has 1 unspecified atom stereocenters. The lowest BCUT2D eigenvalue weighted by Crippen LogP contribution is -2.27. The van der Waals surface area contributed by atoms with Crippen molar-refractivity contribution in [3.63, 3.8) is 0 Å². The van der Waals surface area contributed by atoms with Crippen LogP contribution in [0.4, 0.5) is 0 Å². The van der Waals surface area contributed by atoms with Crippen molar-refractivity contribution in [1.82, 2.24) is 4.57 Å². The SMILES string of the molecule is CCOC(=O)c1c(-c2cc(C)c(O)c(C)c2)cn2c1-c1cc(OC)c(OC)cc1CC2C(=O)OC. The summed E-state index contributed by atoms with van der Waals surface area (Å²) in [7, 11) is 4.43. The fourth-order valence-corrected chi connectivity index (χ4v) is 4.73. The molecule has 2 aromatic carbocycles. The van der Waals surface area contributed by atoms with E-state index in [9.17, 15) is 14.7 Å². The number of hydrogen-bond acceptors (Lipinski definition) is 7. The molecule has 4 rings (SSSR count). The highest BCUT2D eigenvalue weighted by Gasteiger charge is 2.37. The Hall–Kier alpha value is -3.94. The molecule has 2 heterocycles. The Morgan fingerprint density at radius 3 is 2.20 bits per heavy atom. The normalized spacial score (nSPS) is 14.1. The number of esters is 2. The monoisotopic (exact) mass is 479 g/mol. The number of ether oxygens (including phenoxy) is 4. The Kier molecular flexibility index (Phi) is 6.47. The summed E-state index contributed by atoms with van der Waals surface area (Å²) in [5.41, 5.74) is 5.11. The summed E-state index contributed by atoms with van der Waals surface area (Å²) >= 11 is 0. The van der Waals surface area contributed by atoms with Gasteiger partial charge in [0.25, 0.3) is 0 Å². The van der Waals surface area contributed by atoms with E-state index < -0.39 is 18.0 Å². The Bertz CT molecular complexity index is 1300. The zero-order valence-corrected chi connectivity index (χ0v) is 20.7. The fourth-order valence-electron chi connectivity index (χ4n) is 4.73. The van der Waals surface area contributed by atoms with E-state index >= 15 is 0 Å². The van der Waals surface area contributed by atoms with Gasteiger partial charge in [-0.3, -0.25) is 0 Å². The van der Waals surface area contributed by atoms with E-state index in [1.54, 1.807) is 45.8 Å². The molecule has 0 bridgehead atoms. The van der Waals surface area contributed by atoms with Crippen LogP contribution in [0.1, 0.15) is 40.0 Å². The van der Waals surface area contributed by atoms with E-state index in [0.29, 0.717) is 45.9 Å². The predicted octanol–water partition coefficient (Wildman–Crippen LogP) is 4.61. The van der Waals surface area contributed by atoms with Crippen molar-refractivity contribution in [3.05, 3.63) is 52.7 Å². The molecule has 0 amide bonds.